The average Bonchev–Trinajstić information content (AvgIpc) is 3.16. The Morgan fingerprint density at radius 3 is 2.69 bits per heavy atom. The van der Waals surface area contributed by atoms with Crippen molar-refractivity contribution in [1.82, 2.24) is 15.2 Å². The summed E-state index contributed by atoms with van der Waals surface area (Å²) in [6, 6.07) is 9.28. The van der Waals surface area contributed by atoms with E-state index in [0.717, 1.165) is 24.1 Å². The fourth-order valence-electron chi connectivity index (χ4n) is 4.24. The molecule has 6 nitrogen and oxygen atoms in total. The Morgan fingerprint density at radius 1 is 1.28 bits per heavy atom. The molecule has 1 aromatic heterocycles. The van der Waals surface area contributed by atoms with Crippen LogP contribution in [0.15, 0.2) is 48.4 Å². The van der Waals surface area contributed by atoms with Crippen LogP contribution in [0.1, 0.15) is 40.0 Å². The van der Waals surface area contributed by atoms with E-state index >= 15 is 0 Å². The highest BCUT2D eigenvalue weighted by molar-refractivity contribution is 7.14. The third-order valence-electron chi connectivity index (χ3n) is 6.26. The summed E-state index contributed by atoms with van der Waals surface area (Å²) in [5.74, 6) is 0.276. The van der Waals surface area contributed by atoms with Crippen molar-refractivity contribution in [3.05, 3.63) is 48.4 Å². The first kappa shape index (κ1) is 22.5. The van der Waals surface area contributed by atoms with Gasteiger partial charge in [-0.25, -0.2) is 4.98 Å². The molecule has 1 saturated carbocycles. The normalized spacial score (nSPS) is 23.5. The molecule has 32 heavy (non-hydrogen) atoms. The highest BCUT2D eigenvalue weighted by Gasteiger charge is 2.43. The first-order chi connectivity index (χ1) is 15.3. The van der Waals surface area contributed by atoms with Crippen LogP contribution in [0.4, 0.5) is 5.13 Å². The SMILES string of the molecule is C=C[C@@H]1CC1NC(=O)[C@@H]1CCCN1C(=O)[C@@H](Nc1nc(-c2ccccc2)cs1)C(C)(C)C. The Kier molecular flexibility index (Phi) is 6.38. The second kappa shape index (κ2) is 9.06. The van der Waals surface area contributed by atoms with Gasteiger partial charge >= 0.3 is 0 Å². The quantitative estimate of drug-likeness (QED) is 0.614. The summed E-state index contributed by atoms with van der Waals surface area (Å²) in [4.78, 5) is 33.0. The number of anilines is 1. The zero-order chi connectivity index (χ0) is 22.9. The summed E-state index contributed by atoms with van der Waals surface area (Å²) in [7, 11) is 0. The largest absolute Gasteiger partial charge is 0.351 e. The second-order valence-corrected chi connectivity index (χ2v) is 10.6. The van der Waals surface area contributed by atoms with Crippen LogP contribution in [-0.2, 0) is 9.59 Å². The van der Waals surface area contributed by atoms with Gasteiger partial charge in [0.1, 0.15) is 12.1 Å². The summed E-state index contributed by atoms with van der Waals surface area (Å²) in [5.41, 5.74) is 1.59. The molecule has 2 heterocycles. The number of nitrogens with one attached hydrogen (secondary N) is 2. The van der Waals surface area contributed by atoms with Gasteiger partial charge < -0.3 is 15.5 Å². The van der Waals surface area contributed by atoms with Crippen molar-refractivity contribution in [2.24, 2.45) is 11.3 Å². The zero-order valence-electron chi connectivity index (χ0n) is 19.0. The Morgan fingerprint density at radius 2 is 2.03 bits per heavy atom. The summed E-state index contributed by atoms with van der Waals surface area (Å²) < 4.78 is 0. The first-order valence-electron chi connectivity index (χ1n) is 11.3. The summed E-state index contributed by atoms with van der Waals surface area (Å²) >= 11 is 1.49. The van der Waals surface area contributed by atoms with Crippen molar-refractivity contribution >= 4 is 28.3 Å². The minimum atomic E-state index is -0.479. The van der Waals surface area contributed by atoms with Crippen LogP contribution in [0.25, 0.3) is 11.3 Å². The predicted molar refractivity (Wildman–Crippen MR) is 129 cm³/mol. The molecule has 7 heteroatoms. The van der Waals surface area contributed by atoms with Gasteiger partial charge in [0.25, 0.3) is 0 Å². The average molecular weight is 453 g/mol. The number of benzene rings is 1. The Bertz CT molecular complexity index is 981. The Hall–Kier alpha value is -2.67. The number of nitrogens with zero attached hydrogens (tertiary/aromatic N) is 2. The van der Waals surface area contributed by atoms with Crippen LogP contribution in [0, 0.1) is 11.3 Å². The number of carbonyl (C=O) groups is 2. The van der Waals surface area contributed by atoms with Crippen LogP contribution in [0.5, 0.6) is 0 Å². The van der Waals surface area contributed by atoms with Crippen molar-refractivity contribution in [2.75, 3.05) is 11.9 Å². The van der Waals surface area contributed by atoms with Gasteiger partial charge in [-0.05, 0) is 30.6 Å². The molecule has 2 aromatic rings. The van der Waals surface area contributed by atoms with Gasteiger partial charge in [0, 0.05) is 23.5 Å². The van der Waals surface area contributed by atoms with E-state index in [2.05, 4.69) is 17.2 Å². The van der Waals surface area contributed by atoms with E-state index in [4.69, 9.17) is 4.98 Å². The van der Waals surface area contributed by atoms with Gasteiger partial charge in [0.2, 0.25) is 11.8 Å². The zero-order valence-corrected chi connectivity index (χ0v) is 19.8. The van der Waals surface area contributed by atoms with E-state index in [1.807, 2.05) is 62.6 Å². The molecule has 1 aliphatic heterocycles. The number of aromatic nitrogens is 1. The van der Waals surface area contributed by atoms with Gasteiger partial charge in [0.05, 0.1) is 5.69 Å². The predicted octanol–water partition coefficient (Wildman–Crippen LogP) is 4.32. The molecule has 170 valence electrons. The maximum atomic E-state index is 13.7. The summed E-state index contributed by atoms with van der Waals surface area (Å²) in [5, 5.41) is 9.19. The maximum absolute atomic E-state index is 13.7. The minimum absolute atomic E-state index is 0.0392. The molecule has 2 N–H and O–H groups in total. The molecule has 1 aromatic carbocycles. The molecule has 1 saturated heterocycles. The molecule has 2 fully saturated rings. The minimum Gasteiger partial charge on any atom is -0.351 e. The molecule has 0 spiro atoms. The molecule has 2 amide bonds. The van der Waals surface area contributed by atoms with E-state index in [-0.39, 0.29) is 23.3 Å². The standard InChI is InChI=1S/C25H32N4O2S/c1-5-16-14-18(16)26-22(30)20-12-9-13-29(20)23(31)21(25(2,3)4)28-24-27-19(15-32-24)17-10-7-6-8-11-17/h5-8,10-11,15-16,18,20-21H,1,9,12-14H2,2-4H3,(H,26,30)(H,27,28)/t16-,18?,20+,21-/m1/s1. The fraction of sp³-hybridized carbons (Fsp3) is 0.480. The lowest BCUT2D eigenvalue weighted by molar-refractivity contribution is -0.140. The van der Waals surface area contributed by atoms with Gasteiger partial charge in [-0.2, -0.15) is 0 Å². The summed E-state index contributed by atoms with van der Waals surface area (Å²) in [6.45, 7) is 10.5. The number of hydrogen-bond acceptors (Lipinski definition) is 5. The van der Waals surface area contributed by atoms with E-state index < -0.39 is 12.1 Å². The molecule has 4 atom stereocenters. The van der Waals surface area contributed by atoms with Gasteiger partial charge in [-0.15, -0.1) is 17.9 Å². The van der Waals surface area contributed by atoms with Crippen LogP contribution < -0.4 is 10.6 Å². The lowest BCUT2D eigenvalue weighted by atomic mass is 9.85. The highest BCUT2D eigenvalue weighted by atomic mass is 32.1. The van der Waals surface area contributed by atoms with Crippen molar-refractivity contribution in [3.8, 4) is 11.3 Å². The Labute approximate surface area is 194 Å². The van der Waals surface area contributed by atoms with Crippen molar-refractivity contribution in [1.29, 1.82) is 0 Å². The van der Waals surface area contributed by atoms with Crippen LogP contribution in [0.3, 0.4) is 0 Å². The lowest BCUT2D eigenvalue weighted by Gasteiger charge is -2.35. The second-order valence-electron chi connectivity index (χ2n) is 9.79. The molecular formula is C25H32N4O2S. The van der Waals surface area contributed by atoms with Gasteiger partial charge in [-0.3, -0.25) is 9.59 Å². The smallest absolute Gasteiger partial charge is 0.246 e. The molecule has 1 unspecified atom stereocenters. The summed E-state index contributed by atoms with van der Waals surface area (Å²) in [6.07, 6.45) is 4.37. The fourth-order valence-corrected chi connectivity index (χ4v) is 4.99. The van der Waals surface area contributed by atoms with Crippen molar-refractivity contribution in [3.63, 3.8) is 0 Å². The van der Waals surface area contributed by atoms with E-state index in [1.165, 1.54) is 11.3 Å². The van der Waals surface area contributed by atoms with E-state index in [9.17, 15) is 9.59 Å². The Balaban J connectivity index is 1.48. The van der Waals surface area contributed by atoms with Gasteiger partial charge in [-0.1, -0.05) is 57.2 Å². The monoisotopic (exact) mass is 452 g/mol. The van der Waals surface area contributed by atoms with Crippen molar-refractivity contribution in [2.45, 2.75) is 58.2 Å². The third-order valence-corrected chi connectivity index (χ3v) is 7.04. The van der Waals surface area contributed by atoms with Crippen LogP contribution in [0.2, 0.25) is 0 Å². The molecular weight excluding hydrogens is 420 g/mol. The van der Waals surface area contributed by atoms with E-state index in [0.29, 0.717) is 24.0 Å². The molecule has 2 aliphatic rings. The third kappa shape index (κ3) is 4.88. The number of carbonyl (C=O) groups excluding carboxylic acids is 2. The molecule has 0 radical (unpaired) electrons. The van der Waals surface area contributed by atoms with Gasteiger partial charge in [0.15, 0.2) is 5.13 Å². The topological polar surface area (TPSA) is 74.3 Å². The molecule has 1 aliphatic carbocycles. The van der Waals surface area contributed by atoms with E-state index in [1.54, 1.807) is 4.90 Å². The number of likely N-dealkylation sites (tertiary alicyclic amines) is 1. The first-order valence-corrected chi connectivity index (χ1v) is 12.2. The molecule has 0 bridgehead atoms. The van der Waals surface area contributed by atoms with Crippen LogP contribution in [-0.4, -0.2) is 46.4 Å². The maximum Gasteiger partial charge on any atom is 0.246 e. The van der Waals surface area contributed by atoms with Crippen LogP contribution >= 0.6 is 11.3 Å². The lowest BCUT2D eigenvalue weighted by Crippen LogP contribution is -2.54. The number of amides is 2. The number of rotatable bonds is 7. The van der Waals surface area contributed by atoms with Crippen molar-refractivity contribution < 1.29 is 9.59 Å². The number of hydrogen-bond donors (Lipinski definition) is 2. The molecule has 4 rings (SSSR count). The highest BCUT2D eigenvalue weighted by Crippen LogP contribution is 2.33. The number of thiazole rings is 1.